The van der Waals surface area contributed by atoms with Crippen LogP contribution in [0.2, 0.25) is 0 Å². The van der Waals surface area contributed by atoms with Crippen molar-refractivity contribution in [2.75, 3.05) is 36.0 Å². The van der Waals surface area contributed by atoms with Gasteiger partial charge in [-0.25, -0.2) is 22.6 Å². The highest BCUT2D eigenvalue weighted by Crippen LogP contribution is 2.43. The first-order valence-electron chi connectivity index (χ1n) is 12.1. The first-order chi connectivity index (χ1) is 18.9. The van der Waals surface area contributed by atoms with Gasteiger partial charge in [0.05, 0.1) is 23.7 Å². The maximum atomic E-state index is 14.9. The Morgan fingerprint density at radius 3 is 2.17 bits per heavy atom. The predicted molar refractivity (Wildman–Crippen MR) is 133 cm³/mol. The van der Waals surface area contributed by atoms with Crippen molar-refractivity contribution >= 4 is 29.0 Å². The molecule has 2 heterocycles. The number of anilines is 2. The van der Waals surface area contributed by atoms with Gasteiger partial charge in [-0.15, -0.1) is 0 Å². The molecule has 1 N–H and O–H groups in total. The average molecular weight is 566 g/mol. The summed E-state index contributed by atoms with van der Waals surface area (Å²) >= 11 is 0. The van der Waals surface area contributed by atoms with Gasteiger partial charge in [-0.05, 0) is 24.3 Å². The number of piperazine rings is 1. The smallest absolute Gasteiger partial charge is 0.416 e. The van der Waals surface area contributed by atoms with Gasteiger partial charge in [0.2, 0.25) is 5.96 Å². The van der Waals surface area contributed by atoms with Gasteiger partial charge in [-0.3, -0.25) is 4.79 Å². The maximum absolute atomic E-state index is 14.9. The first kappa shape index (κ1) is 27.3. The van der Waals surface area contributed by atoms with E-state index in [-0.39, 0.29) is 54.8 Å². The van der Waals surface area contributed by atoms with E-state index in [4.69, 9.17) is 0 Å². The second kappa shape index (κ2) is 10.4. The summed E-state index contributed by atoms with van der Waals surface area (Å²) in [7, 11) is 0. The fourth-order valence-electron chi connectivity index (χ4n) is 4.97. The molecule has 1 atom stereocenters. The lowest BCUT2D eigenvalue weighted by molar-refractivity contribution is -0.138. The van der Waals surface area contributed by atoms with E-state index < -0.39 is 53.4 Å². The molecule has 3 aromatic carbocycles. The number of rotatable bonds is 4. The predicted octanol–water partition coefficient (Wildman–Crippen LogP) is 6.11. The van der Waals surface area contributed by atoms with E-state index in [1.165, 1.54) is 34.1 Å². The van der Waals surface area contributed by atoms with Crippen LogP contribution < -0.4 is 9.80 Å². The van der Waals surface area contributed by atoms with Crippen molar-refractivity contribution in [3.63, 3.8) is 0 Å². The molecule has 2 aliphatic heterocycles. The summed E-state index contributed by atoms with van der Waals surface area (Å²) in [6.07, 6.45) is -5.26. The van der Waals surface area contributed by atoms with Gasteiger partial charge in [0.25, 0.3) is 0 Å². The number of benzene rings is 3. The van der Waals surface area contributed by atoms with Crippen LogP contribution in [0.4, 0.5) is 47.8 Å². The molecule has 0 saturated carbocycles. The number of carbonyl (C=O) groups is 1. The minimum atomic E-state index is -4.68. The van der Waals surface area contributed by atoms with E-state index in [1.807, 2.05) is 0 Å². The summed E-state index contributed by atoms with van der Waals surface area (Å²) in [6, 6.07) is 8.33. The molecule has 0 radical (unpaired) electrons. The zero-order chi connectivity index (χ0) is 28.8. The second-order valence-electron chi connectivity index (χ2n) is 9.31. The molecule has 5 rings (SSSR count). The number of fused-ring (bicyclic) bond motifs is 1. The van der Waals surface area contributed by atoms with Crippen molar-refractivity contribution in [3.05, 3.63) is 89.0 Å². The van der Waals surface area contributed by atoms with Crippen molar-refractivity contribution in [2.24, 2.45) is 4.99 Å². The Morgan fingerprint density at radius 1 is 0.850 bits per heavy atom. The number of aliphatic imine (C=N–C) groups is 1. The largest absolute Gasteiger partial charge is 0.481 e. The Hall–Kier alpha value is -4.29. The van der Waals surface area contributed by atoms with Crippen LogP contribution in [-0.2, 0) is 11.0 Å². The molecule has 2 aliphatic rings. The number of alkyl halides is 3. The summed E-state index contributed by atoms with van der Waals surface area (Å²) in [5, 5.41) is 9.68. The van der Waals surface area contributed by atoms with Crippen LogP contribution in [0, 0.1) is 23.3 Å². The minimum Gasteiger partial charge on any atom is -0.481 e. The van der Waals surface area contributed by atoms with E-state index >= 15 is 0 Å². The number of hydrogen-bond donors (Lipinski definition) is 1. The van der Waals surface area contributed by atoms with Gasteiger partial charge in [-0.1, -0.05) is 18.2 Å². The third-order valence-electron chi connectivity index (χ3n) is 6.83. The Kier molecular flexibility index (Phi) is 7.06. The van der Waals surface area contributed by atoms with Crippen LogP contribution in [0.25, 0.3) is 0 Å². The van der Waals surface area contributed by atoms with E-state index in [2.05, 4.69) is 4.99 Å². The average Bonchev–Trinajstić information content (AvgIpc) is 2.90. The molecule has 1 unspecified atom stereocenters. The van der Waals surface area contributed by atoms with Gasteiger partial charge in [0.1, 0.15) is 17.3 Å². The number of aliphatic carboxylic acids is 1. The lowest BCUT2D eigenvalue weighted by atomic mass is 9.97. The van der Waals surface area contributed by atoms with Crippen LogP contribution >= 0.6 is 0 Å². The Morgan fingerprint density at radius 2 is 1.50 bits per heavy atom. The molecule has 0 aromatic heterocycles. The van der Waals surface area contributed by atoms with Crippen LogP contribution in [0.5, 0.6) is 0 Å². The van der Waals surface area contributed by atoms with Crippen molar-refractivity contribution < 1.29 is 40.6 Å². The summed E-state index contributed by atoms with van der Waals surface area (Å²) in [5.74, 6) is -5.53. The zero-order valence-corrected chi connectivity index (χ0v) is 20.6. The Labute approximate surface area is 223 Å². The number of carboxylic acids is 1. The molecule has 0 amide bonds. The summed E-state index contributed by atoms with van der Waals surface area (Å²) < 4.78 is 97.3. The van der Waals surface area contributed by atoms with Gasteiger partial charge >= 0.3 is 12.1 Å². The lowest BCUT2D eigenvalue weighted by Gasteiger charge is -2.45. The molecule has 13 heteroatoms. The molecule has 3 aromatic rings. The van der Waals surface area contributed by atoms with E-state index in [0.717, 1.165) is 24.3 Å². The van der Waals surface area contributed by atoms with E-state index in [1.54, 1.807) is 4.90 Å². The van der Waals surface area contributed by atoms with Crippen molar-refractivity contribution in [1.82, 2.24) is 4.90 Å². The van der Waals surface area contributed by atoms with Crippen LogP contribution in [-0.4, -0.2) is 48.1 Å². The Bertz CT molecular complexity index is 1490. The highest BCUT2D eigenvalue weighted by atomic mass is 19.4. The third-order valence-corrected chi connectivity index (χ3v) is 6.83. The number of guanidine groups is 1. The monoisotopic (exact) mass is 566 g/mol. The quantitative estimate of drug-likeness (QED) is 0.305. The molecule has 1 fully saturated rings. The van der Waals surface area contributed by atoms with Gasteiger partial charge < -0.3 is 19.8 Å². The van der Waals surface area contributed by atoms with Crippen LogP contribution in [0.3, 0.4) is 0 Å². The highest BCUT2D eigenvalue weighted by Gasteiger charge is 2.39. The molecule has 1 saturated heterocycles. The molecule has 210 valence electrons. The van der Waals surface area contributed by atoms with Gasteiger partial charge in [0.15, 0.2) is 11.6 Å². The molecule has 40 heavy (non-hydrogen) atoms. The van der Waals surface area contributed by atoms with Gasteiger partial charge in [-0.2, -0.15) is 13.2 Å². The van der Waals surface area contributed by atoms with E-state index in [0.29, 0.717) is 6.07 Å². The normalized spacial score (nSPS) is 17.5. The standard InChI is InChI=1S/C27H21F7N4O2/c28-18-6-2-5-17-22(14-24(39)40)38(16-4-1-3-15(11-16)27(32,33)34)26(35-25(17)18)37-9-7-36(8-10-37)23-13-20(30)19(29)12-21(23)31/h1-6,11-13,22H,7-10,14H2,(H,39,40). The van der Waals surface area contributed by atoms with Gasteiger partial charge in [0, 0.05) is 49.6 Å². The zero-order valence-electron chi connectivity index (χ0n) is 20.6. The summed E-state index contributed by atoms with van der Waals surface area (Å²) in [5.41, 5.74) is -1.10. The SMILES string of the molecule is O=C(O)CC1c2cccc(F)c2N=C(N2CCN(c3cc(F)c(F)cc3F)CC2)N1c1cccc(C(F)(F)F)c1. The van der Waals surface area contributed by atoms with Crippen molar-refractivity contribution in [2.45, 2.75) is 18.6 Å². The molecule has 6 nitrogen and oxygen atoms in total. The van der Waals surface area contributed by atoms with Crippen molar-refractivity contribution in [1.29, 1.82) is 0 Å². The number of para-hydroxylation sites is 1. The highest BCUT2D eigenvalue weighted by molar-refractivity contribution is 6.01. The third kappa shape index (κ3) is 5.15. The fourth-order valence-corrected chi connectivity index (χ4v) is 4.97. The molecular formula is C27H21F7N4O2. The molecule has 0 bridgehead atoms. The van der Waals surface area contributed by atoms with Crippen molar-refractivity contribution in [3.8, 4) is 0 Å². The summed E-state index contributed by atoms with van der Waals surface area (Å²) in [6.45, 7) is 0.308. The fraction of sp³-hybridized carbons (Fsp3) is 0.259. The first-order valence-corrected chi connectivity index (χ1v) is 12.1. The molecular weight excluding hydrogens is 545 g/mol. The summed E-state index contributed by atoms with van der Waals surface area (Å²) in [4.78, 5) is 20.7. The van der Waals surface area contributed by atoms with Crippen LogP contribution in [0.15, 0.2) is 59.6 Å². The minimum absolute atomic E-state index is 0.00795. The number of nitrogens with zero attached hydrogens (tertiary/aromatic N) is 4. The second-order valence-corrected chi connectivity index (χ2v) is 9.31. The number of hydrogen-bond acceptors (Lipinski definition) is 5. The molecule has 0 spiro atoms. The number of carboxylic acid groups (broad SMARTS) is 1. The lowest BCUT2D eigenvalue weighted by Crippen LogP contribution is -2.55. The maximum Gasteiger partial charge on any atom is 0.416 e. The van der Waals surface area contributed by atoms with Crippen LogP contribution in [0.1, 0.15) is 23.6 Å². The van der Waals surface area contributed by atoms with E-state index in [9.17, 15) is 40.6 Å². The molecule has 0 aliphatic carbocycles. The Balaban J connectivity index is 1.56. The number of halogens is 7. The topological polar surface area (TPSA) is 59.4 Å².